The SMILES string of the molecule is CCCC(O)NC(CC(=O)O)C(=O)NC(C(=O)NC(CSC)C(N)=O)C(C)(C)C. The van der Waals surface area contributed by atoms with Gasteiger partial charge in [0.2, 0.25) is 17.7 Å². The summed E-state index contributed by atoms with van der Waals surface area (Å²) in [5, 5.41) is 26.7. The van der Waals surface area contributed by atoms with Crippen LogP contribution >= 0.6 is 11.8 Å². The first-order chi connectivity index (χ1) is 13.3. The van der Waals surface area contributed by atoms with Crippen LogP contribution in [0.2, 0.25) is 0 Å². The van der Waals surface area contributed by atoms with Crippen LogP contribution in [0.4, 0.5) is 0 Å². The van der Waals surface area contributed by atoms with Gasteiger partial charge in [0.15, 0.2) is 0 Å². The highest BCUT2D eigenvalue weighted by atomic mass is 32.2. The van der Waals surface area contributed by atoms with Crippen LogP contribution in [0, 0.1) is 5.41 Å². The molecule has 0 rings (SSSR count). The smallest absolute Gasteiger partial charge is 0.305 e. The number of carboxylic acid groups (broad SMARTS) is 1. The van der Waals surface area contributed by atoms with E-state index in [1.54, 1.807) is 27.0 Å². The molecule has 168 valence electrons. The third-order valence-electron chi connectivity index (χ3n) is 4.06. The van der Waals surface area contributed by atoms with Crippen molar-refractivity contribution in [1.82, 2.24) is 16.0 Å². The molecule has 11 heteroatoms. The maximum atomic E-state index is 12.8. The van der Waals surface area contributed by atoms with Gasteiger partial charge in [0.1, 0.15) is 18.3 Å². The van der Waals surface area contributed by atoms with Crippen LogP contribution < -0.4 is 21.7 Å². The van der Waals surface area contributed by atoms with Gasteiger partial charge in [-0.3, -0.25) is 24.5 Å². The second-order valence-corrected chi connectivity index (χ2v) is 8.76. The number of thioether (sulfide) groups is 1. The van der Waals surface area contributed by atoms with Crippen molar-refractivity contribution in [2.45, 2.75) is 71.3 Å². The minimum absolute atomic E-state index is 0.276. The predicted octanol–water partition coefficient (Wildman–Crippen LogP) is -0.598. The summed E-state index contributed by atoms with van der Waals surface area (Å²) < 4.78 is 0. The maximum absolute atomic E-state index is 12.8. The number of carboxylic acids is 1. The number of hydrogen-bond donors (Lipinski definition) is 6. The van der Waals surface area contributed by atoms with Gasteiger partial charge in [-0.2, -0.15) is 11.8 Å². The minimum Gasteiger partial charge on any atom is -0.481 e. The van der Waals surface area contributed by atoms with E-state index in [9.17, 15) is 24.3 Å². The Morgan fingerprint density at radius 1 is 1.07 bits per heavy atom. The number of aliphatic hydroxyl groups excluding tert-OH is 1. The molecule has 4 unspecified atom stereocenters. The Kier molecular flexibility index (Phi) is 11.8. The molecular weight excluding hydrogens is 400 g/mol. The largest absolute Gasteiger partial charge is 0.481 e. The van der Waals surface area contributed by atoms with Crippen LogP contribution in [0.1, 0.15) is 47.0 Å². The summed E-state index contributed by atoms with van der Waals surface area (Å²) in [7, 11) is 0. The van der Waals surface area contributed by atoms with E-state index in [0.717, 1.165) is 0 Å². The topological polar surface area (TPSA) is 171 Å². The number of nitrogens with two attached hydrogens (primary N) is 1. The molecule has 0 saturated carbocycles. The molecule has 4 atom stereocenters. The van der Waals surface area contributed by atoms with E-state index < -0.39 is 59.9 Å². The highest BCUT2D eigenvalue weighted by Gasteiger charge is 2.36. The number of aliphatic hydroxyl groups is 1. The molecule has 29 heavy (non-hydrogen) atoms. The first kappa shape index (κ1) is 27.1. The lowest BCUT2D eigenvalue weighted by molar-refractivity contribution is -0.141. The second-order valence-electron chi connectivity index (χ2n) is 7.85. The lowest BCUT2D eigenvalue weighted by Crippen LogP contribution is -2.61. The van der Waals surface area contributed by atoms with E-state index in [4.69, 9.17) is 10.8 Å². The number of hydrogen-bond acceptors (Lipinski definition) is 7. The van der Waals surface area contributed by atoms with Crippen LogP contribution in [-0.2, 0) is 19.2 Å². The Hall–Kier alpha value is -1.85. The van der Waals surface area contributed by atoms with Gasteiger partial charge in [-0.15, -0.1) is 0 Å². The van der Waals surface area contributed by atoms with Gasteiger partial charge in [-0.25, -0.2) is 0 Å². The average molecular weight is 435 g/mol. The van der Waals surface area contributed by atoms with Crippen LogP contribution in [0.15, 0.2) is 0 Å². The number of primary amides is 1. The van der Waals surface area contributed by atoms with Gasteiger partial charge >= 0.3 is 5.97 Å². The van der Waals surface area contributed by atoms with Crippen LogP contribution in [-0.4, -0.2) is 70.3 Å². The highest BCUT2D eigenvalue weighted by molar-refractivity contribution is 7.98. The minimum atomic E-state index is -1.23. The Balaban J connectivity index is 5.44. The third kappa shape index (κ3) is 10.5. The molecule has 0 aromatic carbocycles. The van der Waals surface area contributed by atoms with Gasteiger partial charge in [0.05, 0.1) is 12.5 Å². The van der Waals surface area contributed by atoms with Crippen molar-refractivity contribution in [1.29, 1.82) is 0 Å². The predicted molar refractivity (Wildman–Crippen MR) is 111 cm³/mol. The number of carbonyl (C=O) groups excluding carboxylic acids is 3. The van der Waals surface area contributed by atoms with E-state index in [0.29, 0.717) is 12.8 Å². The van der Waals surface area contributed by atoms with Crippen LogP contribution in [0.3, 0.4) is 0 Å². The number of rotatable bonds is 13. The lowest BCUT2D eigenvalue weighted by Gasteiger charge is -2.33. The molecule has 0 aliphatic rings. The van der Waals surface area contributed by atoms with E-state index in [1.165, 1.54) is 11.8 Å². The van der Waals surface area contributed by atoms with Crippen molar-refractivity contribution in [3.63, 3.8) is 0 Å². The van der Waals surface area contributed by atoms with Gasteiger partial charge in [0.25, 0.3) is 0 Å². The summed E-state index contributed by atoms with van der Waals surface area (Å²) >= 11 is 1.33. The molecular formula is C18H34N4O6S. The zero-order valence-corrected chi connectivity index (χ0v) is 18.5. The Bertz CT molecular complexity index is 581. The Morgan fingerprint density at radius 3 is 2.07 bits per heavy atom. The van der Waals surface area contributed by atoms with Crippen molar-refractivity contribution in [2.24, 2.45) is 11.1 Å². The lowest BCUT2D eigenvalue weighted by atomic mass is 9.85. The van der Waals surface area contributed by atoms with E-state index >= 15 is 0 Å². The number of amides is 3. The molecule has 0 spiro atoms. The Morgan fingerprint density at radius 2 is 1.66 bits per heavy atom. The maximum Gasteiger partial charge on any atom is 0.305 e. The third-order valence-corrected chi connectivity index (χ3v) is 4.73. The molecule has 0 radical (unpaired) electrons. The van der Waals surface area contributed by atoms with Crippen LogP contribution in [0.25, 0.3) is 0 Å². The molecule has 0 fully saturated rings. The molecule has 7 N–H and O–H groups in total. The molecule has 0 aromatic rings. The zero-order valence-electron chi connectivity index (χ0n) is 17.7. The standard InChI is InChI=1S/C18H34N4O6S/c1-6-7-12(23)20-10(8-13(24)25)16(27)22-14(18(2,3)4)17(28)21-11(9-29-5)15(19)26/h10-12,14,20,23H,6-9H2,1-5H3,(H2,19,26)(H,21,28)(H,22,27)(H,24,25). The number of carbonyl (C=O) groups is 4. The number of aliphatic carboxylic acids is 1. The van der Waals surface area contributed by atoms with E-state index in [-0.39, 0.29) is 5.75 Å². The average Bonchev–Trinajstić information content (AvgIpc) is 2.56. The summed E-state index contributed by atoms with van der Waals surface area (Å²) in [5.74, 6) is -2.99. The molecule has 0 aliphatic carbocycles. The van der Waals surface area contributed by atoms with Crippen molar-refractivity contribution in [3.05, 3.63) is 0 Å². The van der Waals surface area contributed by atoms with E-state index in [2.05, 4.69) is 16.0 Å². The molecule has 3 amide bonds. The molecule has 0 saturated heterocycles. The van der Waals surface area contributed by atoms with E-state index in [1.807, 2.05) is 6.92 Å². The molecule has 0 bridgehead atoms. The van der Waals surface area contributed by atoms with Gasteiger partial charge in [-0.05, 0) is 18.1 Å². The van der Waals surface area contributed by atoms with Crippen molar-refractivity contribution in [2.75, 3.05) is 12.0 Å². The quantitative estimate of drug-likeness (QED) is 0.209. The fourth-order valence-corrected chi connectivity index (χ4v) is 3.11. The molecule has 10 nitrogen and oxygen atoms in total. The highest BCUT2D eigenvalue weighted by Crippen LogP contribution is 2.20. The summed E-state index contributed by atoms with van der Waals surface area (Å²) in [6.07, 6.45) is 1.10. The summed E-state index contributed by atoms with van der Waals surface area (Å²) in [5.41, 5.74) is 4.57. The molecule has 0 aromatic heterocycles. The Labute approximate surface area is 175 Å². The number of nitrogens with one attached hydrogen (secondary N) is 3. The fourth-order valence-electron chi connectivity index (χ4n) is 2.53. The summed E-state index contributed by atoms with van der Waals surface area (Å²) in [6, 6.07) is -3.19. The second kappa shape index (κ2) is 12.7. The molecule has 0 aliphatic heterocycles. The van der Waals surface area contributed by atoms with Gasteiger partial charge in [-0.1, -0.05) is 34.1 Å². The zero-order chi connectivity index (χ0) is 22.8. The first-order valence-electron chi connectivity index (χ1n) is 9.38. The summed E-state index contributed by atoms with van der Waals surface area (Å²) in [6.45, 7) is 6.99. The fraction of sp³-hybridized carbons (Fsp3) is 0.778. The molecule has 0 heterocycles. The van der Waals surface area contributed by atoms with Gasteiger partial charge in [0, 0.05) is 5.75 Å². The van der Waals surface area contributed by atoms with Crippen molar-refractivity contribution >= 4 is 35.5 Å². The van der Waals surface area contributed by atoms with Crippen molar-refractivity contribution in [3.8, 4) is 0 Å². The first-order valence-corrected chi connectivity index (χ1v) is 10.8. The summed E-state index contributed by atoms with van der Waals surface area (Å²) in [4.78, 5) is 48.1. The monoisotopic (exact) mass is 434 g/mol. The van der Waals surface area contributed by atoms with Crippen molar-refractivity contribution < 1.29 is 29.4 Å². The van der Waals surface area contributed by atoms with Crippen LogP contribution in [0.5, 0.6) is 0 Å². The van der Waals surface area contributed by atoms with Gasteiger partial charge < -0.3 is 26.6 Å². The normalized spacial score (nSPS) is 15.7.